The van der Waals surface area contributed by atoms with E-state index in [-0.39, 0.29) is 5.28 Å². The average molecular weight is 333 g/mol. The number of rotatable bonds is 3. The summed E-state index contributed by atoms with van der Waals surface area (Å²) < 4.78 is 1.05. The fraction of sp³-hybridized carbons (Fsp3) is 0.0909. The summed E-state index contributed by atoms with van der Waals surface area (Å²) in [5, 5.41) is 3.73. The van der Waals surface area contributed by atoms with Crippen molar-refractivity contribution in [3.05, 3.63) is 50.8 Å². The van der Waals surface area contributed by atoms with Crippen molar-refractivity contribution in [1.29, 1.82) is 0 Å². The highest BCUT2D eigenvalue weighted by atomic mass is 79.9. The van der Waals surface area contributed by atoms with Crippen LogP contribution in [-0.2, 0) is 6.54 Å². The highest BCUT2D eigenvalue weighted by Gasteiger charge is 2.03. The lowest BCUT2D eigenvalue weighted by molar-refractivity contribution is 1.08. The Kier molecular flexibility index (Phi) is 4.20. The molecule has 0 unspecified atom stereocenters. The van der Waals surface area contributed by atoms with Crippen LogP contribution < -0.4 is 5.32 Å². The van der Waals surface area contributed by atoms with E-state index in [4.69, 9.17) is 23.2 Å². The number of nitrogens with zero attached hydrogens (tertiary/aromatic N) is 2. The molecule has 0 bridgehead atoms. The van der Waals surface area contributed by atoms with Crippen LogP contribution in [0.2, 0.25) is 10.3 Å². The van der Waals surface area contributed by atoms with Gasteiger partial charge in [0.25, 0.3) is 0 Å². The van der Waals surface area contributed by atoms with Crippen molar-refractivity contribution in [3.63, 3.8) is 0 Å². The zero-order valence-electron chi connectivity index (χ0n) is 8.62. The van der Waals surface area contributed by atoms with Gasteiger partial charge in [-0.2, -0.15) is 4.98 Å². The van der Waals surface area contributed by atoms with E-state index in [0.717, 1.165) is 10.0 Å². The lowest BCUT2D eigenvalue weighted by Crippen LogP contribution is -2.02. The van der Waals surface area contributed by atoms with E-state index in [1.807, 2.05) is 24.3 Å². The van der Waals surface area contributed by atoms with Gasteiger partial charge in [-0.05, 0) is 29.3 Å². The van der Waals surface area contributed by atoms with Gasteiger partial charge in [-0.25, -0.2) is 4.98 Å². The topological polar surface area (TPSA) is 37.8 Å². The first-order chi connectivity index (χ1) is 8.15. The molecule has 0 spiro atoms. The summed E-state index contributed by atoms with van der Waals surface area (Å²) in [6, 6.07) is 7.97. The molecule has 17 heavy (non-hydrogen) atoms. The highest BCUT2D eigenvalue weighted by molar-refractivity contribution is 9.10. The van der Waals surface area contributed by atoms with Gasteiger partial charge < -0.3 is 5.32 Å². The summed E-state index contributed by atoms with van der Waals surface area (Å²) in [6.45, 7) is 0.625. The molecule has 0 aliphatic carbocycles. The molecule has 1 aromatic heterocycles. The Morgan fingerprint density at radius 3 is 2.59 bits per heavy atom. The maximum atomic E-state index is 5.93. The largest absolute Gasteiger partial charge is 0.365 e. The fourth-order valence-corrected chi connectivity index (χ4v) is 1.81. The first-order valence-electron chi connectivity index (χ1n) is 4.81. The second kappa shape index (κ2) is 5.67. The van der Waals surface area contributed by atoms with Crippen LogP contribution in [0.4, 0.5) is 5.82 Å². The van der Waals surface area contributed by atoms with E-state index in [1.165, 1.54) is 6.20 Å². The molecule has 1 aromatic carbocycles. The minimum Gasteiger partial charge on any atom is -0.365 e. The number of halogens is 3. The second-order valence-electron chi connectivity index (χ2n) is 3.32. The normalized spacial score (nSPS) is 10.3. The van der Waals surface area contributed by atoms with Gasteiger partial charge in [-0.1, -0.05) is 39.7 Å². The van der Waals surface area contributed by atoms with Gasteiger partial charge in [0, 0.05) is 11.0 Å². The summed E-state index contributed by atoms with van der Waals surface area (Å²) in [4.78, 5) is 7.79. The van der Waals surface area contributed by atoms with E-state index >= 15 is 0 Å². The first-order valence-corrected chi connectivity index (χ1v) is 6.36. The fourth-order valence-electron chi connectivity index (χ4n) is 1.26. The van der Waals surface area contributed by atoms with Crippen molar-refractivity contribution in [2.75, 3.05) is 5.32 Å². The number of benzene rings is 1. The minimum absolute atomic E-state index is 0.174. The predicted molar refractivity (Wildman–Crippen MR) is 73.5 cm³/mol. The molecule has 1 heterocycles. The quantitative estimate of drug-likeness (QED) is 0.858. The van der Waals surface area contributed by atoms with E-state index in [0.29, 0.717) is 17.4 Å². The third kappa shape index (κ3) is 3.56. The summed E-state index contributed by atoms with van der Waals surface area (Å²) >= 11 is 15.0. The third-order valence-electron chi connectivity index (χ3n) is 2.09. The Hall–Kier alpha value is -0.840. The van der Waals surface area contributed by atoms with Crippen LogP contribution in [0.15, 0.2) is 34.9 Å². The number of hydrogen-bond donors (Lipinski definition) is 1. The molecule has 0 saturated carbocycles. The molecule has 88 valence electrons. The van der Waals surface area contributed by atoms with Gasteiger partial charge in [-0.3, -0.25) is 0 Å². The van der Waals surface area contributed by atoms with Gasteiger partial charge in [-0.15, -0.1) is 0 Å². The van der Waals surface area contributed by atoms with Gasteiger partial charge in [0.15, 0.2) is 0 Å². The number of anilines is 1. The minimum atomic E-state index is 0.174. The van der Waals surface area contributed by atoms with Gasteiger partial charge >= 0.3 is 0 Å². The van der Waals surface area contributed by atoms with Crippen LogP contribution >= 0.6 is 39.1 Å². The van der Waals surface area contributed by atoms with Crippen molar-refractivity contribution >= 4 is 44.9 Å². The Labute approximate surface area is 117 Å². The van der Waals surface area contributed by atoms with Crippen LogP contribution in [0.3, 0.4) is 0 Å². The van der Waals surface area contributed by atoms with Crippen LogP contribution in [0, 0.1) is 0 Å². The van der Waals surface area contributed by atoms with Crippen molar-refractivity contribution in [3.8, 4) is 0 Å². The smallest absolute Gasteiger partial charge is 0.224 e. The molecule has 0 saturated heterocycles. The molecule has 0 fully saturated rings. The van der Waals surface area contributed by atoms with Crippen LogP contribution in [-0.4, -0.2) is 9.97 Å². The Bertz CT molecular complexity index is 517. The predicted octanol–water partition coefficient (Wildman–Crippen LogP) is 4.16. The summed E-state index contributed by atoms with van der Waals surface area (Å²) in [6.07, 6.45) is 1.47. The Balaban J connectivity index is 2.07. The highest BCUT2D eigenvalue weighted by Crippen LogP contribution is 2.20. The molecule has 0 aliphatic heterocycles. The van der Waals surface area contributed by atoms with Gasteiger partial charge in [0.1, 0.15) is 10.8 Å². The summed E-state index contributed by atoms with van der Waals surface area (Å²) in [7, 11) is 0. The lowest BCUT2D eigenvalue weighted by Gasteiger charge is -2.07. The maximum absolute atomic E-state index is 5.93. The van der Waals surface area contributed by atoms with E-state index in [1.54, 1.807) is 0 Å². The monoisotopic (exact) mass is 331 g/mol. The molecule has 0 atom stereocenters. The second-order valence-corrected chi connectivity index (χ2v) is 4.98. The van der Waals surface area contributed by atoms with Crippen molar-refractivity contribution in [1.82, 2.24) is 9.97 Å². The maximum Gasteiger partial charge on any atom is 0.224 e. The first kappa shape index (κ1) is 12.6. The lowest BCUT2D eigenvalue weighted by atomic mass is 10.2. The molecule has 2 aromatic rings. The van der Waals surface area contributed by atoms with E-state index < -0.39 is 0 Å². The summed E-state index contributed by atoms with van der Waals surface area (Å²) in [5.41, 5.74) is 1.12. The zero-order chi connectivity index (χ0) is 12.3. The Morgan fingerprint density at radius 2 is 1.88 bits per heavy atom. The molecule has 6 heteroatoms. The van der Waals surface area contributed by atoms with Gasteiger partial charge in [0.05, 0.1) is 6.20 Å². The van der Waals surface area contributed by atoms with Crippen LogP contribution in [0.5, 0.6) is 0 Å². The Morgan fingerprint density at radius 1 is 1.18 bits per heavy atom. The standard InChI is InChI=1S/C11H8BrCl2N3/c12-8-3-1-7(2-4-8)5-15-10-9(13)6-16-11(14)17-10/h1-4,6H,5H2,(H,15,16,17). The average Bonchev–Trinajstić information content (AvgIpc) is 2.32. The summed E-state index contributed by atoms with van der Waals surface area (Å²) in [5.74, 6) is 0.537. The molecule has 2 rings (SSSR count). The molecular weight excluding hydrogens is 325 g/mol. The van der Waals surface area contributed by atoms with Gasteiger partial charge in [0.2, 0.25) is 5.28 Å². The van der Waals surface area contributed by atoms with Crippen molar-refractivity contribution in [2.45, 2.75) is 6.54 Å². The molecule has 1 N–H and O–H groups in total. The van der Waals surface area contributed by atoms with Crippen molar-refractivity contribution in [2.24, 2.45) is 0 Å². The zero-order valence-corrected chi connectivity index (χ0v) is 11.7. The molecule has 0 aliphatic rings. The van der Waals surface area contributed by atoms with Crippen LogP contribution in [0.25, 0.3) is 0 Å². The number of hydrogen-bond acceptors (Lipinski definition) is 3. The SMILES string of the molecule is Clc1ncc(Cl)c(NCc2ccc(Br)cc2)n1. The van der Waals surface area contributed by atoms with E-state index in [2.05, 4.69) is 31.2 Å². The van der Waals surface area contributed by atoms with E-state index in [9.17, 15) is 0 Å². The molecular formula is C11H8BrCl2N3. The molecule has 3 nitrogen and oxygen atoms in total. The number of nitrogens with one attached hydrogen (secondary N) is 1. The number of aromatic nitrogens is 2. The third-order valence-corrected chi connectivity index (χ3v) is 3.08. The van der Waals surface area contributed by atoms with Crippen molar-refractivity contribution < 1.29 is 0 Å². The van der Waals surface area contributed by atoms with Crippen LogP contribution in [0.1, 0.15) is 5.56 Å². The molecule has 0 amide bonds. The molecule has 0 radical (unpaired) electrons.